The highest BCUT2D eigenvalue weighted by Gasteiger charge is 2.16. The van der Waals surface area contributed by atoms with Gasteiger partial charge in [-0.05, 0) is 55.0 Å². The van der Waals surface area contributed by atoms with E-state index in [1.54, 1.807) is 44.4 Å². The van der Waals surface area contributed by atoms with E-state index < -0.39 is 5.97 Å². The predicted molar refractivity (Wildman–Crippen MR) is 101 cm³/mol. The molecule has 0 aliphatic heterocycles. The molecule has 3 aromatic rings. The summed E-state index contributed by atoms with van der Waals surface area (Å²) in [4.78, 5) is 23.3. The van der Waals surface area contributed by atoms with Gasteiger partial charge in [0.25, 0.3) is 5.91 Å². The maximum atomic E-state index is 12.6. The second kappa shape index (κ2) is 7.78. The van der Waals surface area contributed by atoms with E-state index >= 15 is 0 Å². The second-order valence-electron chi connectivity index (χ2n) is 6.03. The molecule has 0 fully saturated rings. The third-order valence-corrected chi connectivity index (χ3v) is 4.10. The fourth-order valence-corrected chi connectivity index (χ4v) is 2.68. The first kappa shape index (κ1) is 18.3. The molecule has 0 saturated carbocycles. The summed E-state index contributed by atoms with van der Waals surface area (Å²) in [5.74, 6) is 0.665. The fourth-order valence-electron chi connectivity index (χ4n) is 2.68. The number of hydrogen-bond acceptors (Lipinski definition) is 4. The molecule has 2 aromatic carbocycles. The number of anilines is 1. The van der Waals surface area contributed by atoms with E-state index in [-0.39, 0.29) is 12.3 Å². The number of carbonyl (C=O) groups excluding carboxylic acids is 1. The third kappa shape index (κ3) is 4.36. The first-order valence-corrected chi connectivity index (χ1v) is 8.33. The summed E-state index contributed by atoms with van der Waals surface area (Å²) in [6.45, 7) is 1.73. The molecule has 0 aliphatic carbocycles. The molecule has 0 bridgehead atoms. The van der Waals surface area contributed by atoms with Crippen LogP contribution in [0.2, 0.25) is 0 Å². The van der Waals surface area contributed by atoms with E-state index in [0.717, 1.165) is 11.3 Å². The maximum absolute atomic E-state index is 12.6. The molecule has 0 spiro atoms. The van der Waals surface area contributed by atoms with E-state index in [1.807, 2.05) is 24.3 Å². The smallest absolute Gasteiger partial charge is 0.307 e. The summed E-state index contributed by atoms with van der Waals surface area (Å²) >= 11 is 0. The standard InChI is InChI=1S/C21H19NO5/c1-13-18(12-19(27-13)15-5-9-17(26-2)10-6-15)21(25)22-16-7-3-14(4-8-16)11-20(23)24/h3-10,12H,11H2,1-2H3,(H,22,25)(H,23,24). The number of rotatable bonds is 6. The number of aliphatic carboxylic acids is 1. The number of carboxylic acid groups (broad SMARTS) is 1. The van der Waals surface area contributed by atoms with Crippen molar-refractivity contribution in [2.45, 2.75) is 13.3 Å². The third-order valence-electron chi connectivity index (χ3n) is 4.10. The van der Waals surface area contributed by atoms with Crippen molar-refractivity contribution in [3.05, 3.63) is 71.5 Å². The lowest BCUT2D eigenvalue weighted by Crippen LogP contribution is -2.12. The number of amides is 1. The van der Waals surface area contributed by atoms with Gasteiger partial charge in [0.1, 0.15) is 17.3 Å². The molecule has 3 rings (SSSR count). The van der Waals surface area contributed by atoms with E-state index in [1.165, 1.54) is 0 Å². The monoisotopic (exact) mass is 365 g/mol. The first-order chi connectivity index (χ1) is 13.0. The minimum Gasteiger partial charge on any atom is -0.497 e. The Morgan fingerprint density at radius 1 is 1.07 bits per heavy atom. The van der Waals surface area contributed by atoms with Crippen LogP contribution in [0.1, 0.15) is 21.7 Å². The van der Waals surface area contributed by atoms with Gasteiger partial charge >= 0.3 is 5.97 Å². The van der Waals surface area contributed by atoms with Crippen molar-refractivity contribution in [1.29, 1.82) is 0 Å². The van der Waals surface area contributed by atoms with Gasteiger partial charge in [0.15, 0.2) is 0 Å². The Labute approximate surface area is 156 Å². The highest BCUT2D eigenvalue weighted by Crippen LogP contribution is 2.27. The van der Waals surface area contributed by atoms with Crippen LogP contribution < -0.4 is 10.1 Å². The average molecular weight is 365 g/mol. The van der Waals surface area contributed by atoms with Crippen LogP contribution in [0.3, 0.4) is 0 Å². The highest BCUT2D eigenvalue weighted by molar-refractivity contribution is 6.05. The Kier molecular flexibility index (Phi) is 5.26. The number of ether oxygens (including phenoxy) is 1. The average Bonchev–Trinajstić information content (AvgIpc) is 3.05. The van der Waals surface area contributed by atoms with Crippen molar-refractivity contribution in [3.8, 4) is 17.1 Å². The minimum atomic E-state index is -0.896. The molecule has 1 heterocycles. The van der Waals surface area contributed by atoms with Crippen molar-refractivity contribution < 1.29 is 23.8 Å². The maximum Gasteiger partial charge on any atom is 0.307 e. The number of carboxylic acids is 1. The normalized spacial score (nSPS) is 10.4. The Hall–Kier alpha value is -3.54. The van der Waals surface area contributed by atoms with Crippen molar-refractivity contribution in [2.24, 2.45) is 0 Å². The van der Waals surface area contributed by atoms with E-state index in [0.29, 0.717) is 28.3 Å². The quantitative estimate of drug-likeness (QED) is 0.685. The number of methoxy groups -OCH3 is 1. The highest BCUT2D eigenvalue weighted by atomic mass is 16.5. The van der Waals surface area contributed by atoms with Gasteiger partial charge in [0, 0.05) is 11.3 Å². The zero-order chi connectivity index (χ0) is 19.4. The van der Waals surface area contributed by atoms with E-state index in [9.17, 15) is 9.59 Å². The molecular weight excluding hydrogens is 346 g/mol. The molecule has 2 N–H and O–H groups in total. The van der Waals surface area contributed by atoms with Crippen LogP contribution in [0, 0.1) is 6.92 Å². The number of aryl methyl sites for hydroxylation is 1. The number of benzene rings is 2. The number of furan rings is 1. The summed E-state index contributed by atoms with van der Waals surface area (Å²) < 4.78 is 10.9. The molecule has 6 nitrogen and oxygen atoms in total. The lowest BCUT2D eigenvalue weighted by atomic mass is 10.1. The Morgan fingerprint density at radius 3 is 2.33 bits per heavy atom. The van der Waals surface area contributed by atoms with Crippen LogP contribution in [-0.2, 0) is 11.2 Å². The first-order valence-electron chi connectivity index (χ1n) is 8.33. The zero-order valence-electron chi connectivity index (χ0n) is 15.0. The van der Waals surface area contributed by atoms with Crippen molar-refractivity contribution >= 4 is 17.6 Å². The lowest BCUT2D eigenvalue weighted by Gasteiger charge is -2.05. The van der Waals surface area contributed by atoms with Gasteiger partial charge in [-0.1, -0.05) is 12.1 Å². The SMILES string of the molecule is COc1ccc(-c2cc(C(=O)Nc3ccc(CC(=O)O)cc3)c(C)o2)cc1. The van der Waals surface area contributed by atoms with Crippen molar-refractivity contribution in [1.82, 2.24) is 0 Å². The molecule has 27 heavy (non-hydrogen) atoms. The summed E-state index contributed by atoms with van der Waals surface area (Å²) in [5.41, 5.74) is 2.54. The molecule has 0 unspecified atom stereocenters. The summed E-state index contributed by atoms with van der Waals surface area (Å²) in [6.07, 6.45) is -0.0553. The number of hydrogen-bond donors (Lipinski definition) is 2. The topological polar surface area (TPSA) is 88.8 Å². The second-order valence-corrected chi connectivity index (χ2v) is 6.03. The Bertz CT molecular complexity index is 955. The number of carbonyl (C=O) groups is 2. The molecular formula is C21H19NO5. The van der Waals surface area contributed by atoms with Crippen LogP contribution in [-0.4, -0.2) is 24.1 Å². The van der Waals surface area contributed by atoms with Crippen LogP contribution in [0.4, 0.5) is 5.69 Å². The Morgan fingerprint density at radius 2 is 1.74 bits per heavy atom. The zero-order valence-corrected chi connectivity index (χ0v) is 15.0. The lowest BCUT2D eigenvalue weighted by molar-refractivity contribution is -0.136. The molecule has 0 atom stereocenters. The Balaban J connectivity index is 1.75. The van der Waals surface area contributed by atoms with Gasteiger partial charge in [-0.2, -0.15) is 0 Å². The van der Waals surface area contributed by atoms with E-state index in [2.05, 4.69) is 5.32 Å². The van der Waals surface area contributed by atoms with Crippen molar-refractivity contribution in [2.75, 3.05) is 12.4 Å². The molecule has 0 radical (unpaired) electrons. The van der Waals surface area contributed by atoms with Gasteiger partial charge < -0.3 is 19.6 Å². The predicted octanol–water partition coefficient (Wildman–Crippen LogP) is 4.14. The van der Waals surface area contributed by atoms with Gasteiger partial charge in [-0.25, -0.2) is 0 Å². The van der Waals surface area contributed by atoms with Gasteiger partial charge in [-0.3, -0.25) is 9.59 Å². The molecule has 6 heteroatoms. The van der Waals surface area contributed by atoms with Crippen LogP contribution in [0.15, 0.2) is 59.0 Å². The fraction of sp³-hybridized carbons (Fsp3) is 0.143. The van der Waals surface area contributed by atoms with Gasteiger partial charge in [0.2, 0.25) is 0 Å². The molecule has 1 aromatic heterocycles. The molecule has 0 aliphatic rings. The van der Waals surface area contributed by atoms with Gasteiger partial charge in [0.05, 0.1) is 19.1 Å². The van der Waals surface area contributed by atoms with Crippen LogP contribution >= 0.6 is 0 Å². The van der Waals surface area contributed by atoms with Gasteiger partial charge in [-0.15, -0.1) is 0 Å². The largest absolute Gasteiger partial charge is 0.497 e. The van der Waals surface area contributed by atoms with Crippen molar-refractivity contribution in [3.63, 3.8) is 0 Å². The van der Waals surface area contributed by atoms with Crippen LogP contribution in [0.25, 0.3) is 11.3 Å². The number of nitrogens with one attached hydrogen (secondary N) is 1. The molecule has 1 amide bonds. The molecule has 138 valence electrons. The minimum absolute atomic E-state index is 0.0553. The molecule has 0 saturated heterocycles. The summed E-state index contributed by atoms with van der Waals surface area (Å²) in [5, 5.41) is 11.6. The van der Waals surface area contributed by atoms with E-state index in [4.69, 9.17) is 14.3 Å². The van der Waals surface area contributed by atoms with Crippen LogP contribution in [0.5, 0.6) is 5.75 Å². The summed E-state index contributed by atoms with van der Waals surface area (Å²) in [7, 11) is 1.60. The summed E-state index contributed by atoms with van der Waals surface area (Å²) in [6, 6.07) is 15.8.